The lowest BCUT2D eigenvalue weighted by Crippen LogP contribution is -2.49. The van der Waals surface area contributed by atoms with Gasteiger partial charge in [0.2, 0.25) is 5.91 Å². The van der Waals surface area contributed by atoms with Gasteiger partial charge in [-0.25, -0.2) is 0 Å². The van der Waals surface area contributed by atoms with Crippen molar-refractivity contribution in [2.75, 3.05) is 46.6 Å². The third-order valence-corrected chi connectivity index (χ3v) is 7.72. The first-order valence-electron chi connectivity index (χ1n) is 12.6. The first-order valence-corrected chi connectivity index (χ1v) is 12.6. The molecule has 4 atom stereocenters. The Balaban J connectivity index is 1.27. The van der Waals surface area contributed by atoms with Crippen LogP contribution in [-0.2, 0) is 20.8 Å². The van der Waals surface area contributed by atoms with Gasteiger partial charge >= 0.3 is 0 Å². The summed E-state index contributed by atoms with van der Waals surface area (Å²) in [5, 5.41) is 0. The normalized spacial score (nSPS) is 27.0. The summed E-state index contributed by atoms with van der Waals surface area (Å²) in [6, 6.07) is 19.7. The fraction of sp³-hybridized carbons (Fsp3) is 0.536. The van der Waals surface area contributed by atoms with Crippen molar-refractivity contribution in [3.63, 3.8) is 0 Å². The first-order chi connectivity index (χ1) is 16.7. The van der Waals surface area contributed by atoms with Crippen LogP contribution < -0.4 is 4.74 Å². The molecule has 1 amide bonds. The molecule has 0 saturated carbocycles. The molecule has 0 aromatic heterocycles. The van der Waals surface area contributed by atoms with Crippen molar-refractivity contribution in [2.24, 2.45) is 5.92 Å². The highest BCUT2D eigenvalue weighted by molar-refractivity contribution is 5.77. The van der Waals surface area contributed by atoms with E-state index >= 15 is 0 Å². The number of benzene rings is 2. The lowest BCUT2D eigenvalue weighted by molar-refractivity contribution is -0.139. The summed E-state index contributed by atoms with van der Waals surface area (Å²) in [6.07, 6.45) is 3.27. The highest BCUT2D eigenvalue weighted by atomic mass is 16.5. The van der Waals surface area contributed by atoms with Crippen molar-refractivity contribution in [2.45, 2.75) is 43.9 Å². The Morgan fingerprint density at radius 1 is 1.06 bits per heavy atom. The van der Waals surface area contributed by atoms with Crippen LogP contribution >= 0.6 is 0 Å². The van der Waals surface area contributed by atoms with E-state index in [1.54, 1.807) is 7.11 Å². The molecule has 0 aliphatic carbocycles. The van der Waals surface area contributed by atoms with Crippen molar-refractivity contribution in [1.29, 1.82) is 0 Å². The Labute approximate surface area is 202 Å². The van der Waals surface area contributed by atoms with Gasteiger partial charge in [-0.1, -0.05) is 42.5 Å². The molecular weight excluding hydrogens is 428 g/mol. The van der Waals surface area contributed by atoms with E-state index in [0.717, 1.165) is 57.8 Å². The summed E-state index contributed by atoms with van der Waals surface area (Å²) < 4.78 is 16.7. The fourth-order valence-corrected chi connectivity index (χ4v) is 5.92. The van der Waals surface area contributed by atoms with Gasteiger partial charge in [-0.15, -0.1) is 0 Å². The van der Waals surface area contributed by atoms with Gasteiger partial charge in [0.25, 0.3) is 0 Å². The predicted octanol–water partition coefficient (Wildman–Crippen LogP) is 3.71. The third-order valence-electron chi connectivity index (χ3n) is 7.72. The van der Waals surface area contributed by atoms with Gasteiger partial charge in [0.05, 0.1) is 19.8 Å². The van der Waals surface area contributed by atoms with Crippen LogP contribution in [0.3, 0.4) is 0 Å². The Bertz CT molecular complexity index is 929. The van der Waals surface area contributed by atoms with Crippen molar-refractivity contribution in [1.82, 2.24) is 9.80 Å². The van der Waals surface area contributed by atoms with E-state index in [0.29, 0.717) is 24.5 Å². The molecule has 0 bridgehead atoms. The first kappa shape index (κ1) is 23.3. The second-order valence-corrected chi connectivity index (χ2v) is 9.80. The Kier molecular flexibility index (Phi) is 7.48. The Morgan fingerprint density at radius 2 is 1.88 bits per heavy atom. The highest BCUT2D eigenvalue weighted by Crippen LogP contribution is 2.42. The average molecular weight is 465 g/mol. The van der Waals surface area contributed by atoms with Crippen LogP contribution in [0.4, 0.5) is 0 Å². The van der Waals surface area contributed by atoms with Crippen LogP contribution in [0.25, 0.3) is 0 Å². The number of carbonyl (C=O) groups is 1. The smallest absolute Gasteiger partial charge is 0.248 e. The highest BCUT2D eigenvalue weighted by Gasteiger charge is 2.45. The van der Waals surface area contributed by atoms with E-state index in [-0.39, 0.29) is 18.6 Å². The number of amides is 1. The topological polar surface area (TPSA) is 51.2 Å². The van der Waals surface area contributed by atoms with Gasteiger partial charge in [0.15, 0.2) is 0 Å². The molecule has 1 unspecified atom stereocenters. The number of methoxy groups -OCH3 is 1. The molecule has 2 aromatic rings. The SMILES string of the molecule is COc1ccc([C@H]2CN(Cc3ccccc3)[C@@H]3CCN(C(=O)COCC4CCCO4)C[C@H]23)cc1. The molecule has 0 N–H and O–H groups in total. The van der Waals surface area contributed by atoms with Gasteiger partial charge in [0.1, 0.15) is 12.4 Å². The van der Waals surface area contributed by atoms with Crippen LogP contribution in [0.15, 0.2) is 54.6 Å². The van der Waals surface area contributed by atoms with Crippen LogP contribution in [0.2, 0.25) is 0 Å². The third kappa shape index (κ3) is 5.29. The van der Waals surface area contributed by atoms with Gasteiger partial charge in [-0.3, -0.25) is 9.69 Å². The van der Waals surface area contributed by atoms with Crippen molar-refractivity contribution in [3.8, 4) is 5.75 Å². The van der Waals surface area contributed by atoms with Crippen molar-refractivity contribution in [3.05, 3.63) is 65.7 Å². The van der Waals surface area contributed by atoms with Gasteiger partial charge in [-0.2, -0.15) is 0 Å². The monoisotopic (exact) mass is 464 g/mol. The quantitative estimate of drug-likeness (QED) is 0.596. The molecule has 182 valence electrons. The van der Waals surface area contributed by atoms with Crippen LogP contribution in [-0.4, -0.2) is 74.4 Å². The van der Waals surface area contributed by atoms with Gasteiger partial charge in [0, 0.05) is 50.7 Å². The van der Waals surface area contributed by atoms with E-state index in [1.165, 1.54) is 11.1 Å². The van der Waals surface area contributed by atoms with E-state index in [4.69, 9.17) is 14.2 Å². The summed E-state index contributed by atoms with van der Waals surface area (Å²) in [4.78, 5) is 17.6. The lowest BCUT2D eigenvalue weighted by atomic mass is 9.81. The zero-order chi connectivity index (χ0) is 23.3. The number of rotatable bonds is 8. The number of ether oxygens (including phenoxy) is 3. The van der Waals surface area contributed by atoms with E-state index in [9.17, 15) is 4.79 Å². The molecule has 2 aromatic carbocycles. The molecule has 0 spiro atoms. The summed E-state index contributed by atoms with van der Waals surface area (Å²) in [7, 11) is 1.70. The van der Waals surface area contributed by atoms with E-state index < -0.39 is 0 Å². The maximum Gasteiger partial charge on any atom is 0.248 e. The number of fused-ring (bicyclic) bond motifs is 1. The number of hydrogen-bond acceptors (Lipinski definition) is 5. The Hall–Kier alpha value is -2.41. The summed E-state index contributed by atoms with van der Waals surface area (Å²) in [5.41, 5.74) is 2.67. The number of hydrogen-bond donors (Lipinski definition) is 0. The van der Waals surface area contributed by atoms with Gasteiger partial charge in [-0.05, 0) is 42.5 Å². The zero-order valence-electron chi connectivity index (χ0n) is 20.1. The van der Waals surface area contributed by atoms with Crippen LogP contribution in [0, 0.1) is 5.92 Å². The molecule has 3 heterocycles. The van der Waals surface area contributed by atoms with Crippen molar-refractivity contribution >= 4 is 5.91 Å². The Morgan fingerprint density at radius 3 is 2.62 bits per heavy atom. The predicted molar refractivity (Wildman–Crippen MR) is 131 cm³/mol. The molecular formula is C28H36N2O4. The average Bonchev–Trinajstić information content (AvgIpc) is 3.53. The molecule has 34 heavy (non-hydrogen) atoms. The molecule has 5 rings (SSSR count). The molecule has 3 aliphatic rings. The second-order valence-electron chi connectivity index (χ2n) is 9.80. The maximum absolute atomic E-state index is 13.0. The minimum absolute atomic E-state index is 0.103. The molecule has 6 nitrogen and oxygen atoms in total. The minimum atomic E-state index is 0.103. The fourth-order valence-electron chi connectivity index (χ4n) is 5.92. The van der Waals surface area contributed by atoms with E-state index in [2.05, 4.69) is 59.5 Å². The number of likely N-dealkylation sites (tertiary alicyclic amines) is 2. The lowest BCUT2D eigenvalue weighted by Gasteiger charge is -2.39. The van der Waals surface area contributed by atoms with Crippen LogP contribution in [0.1, 0.15) is 36.3 Å². The van der Waals surface area contributed by atoms with Crippen molar-refractivity contribution < 1.29 is 19.0 Å². The summed E-state index contributed by atoms with van der Waals surface area (Å²) in [6.45, 7) is 5.02. The standard InChI is InChI=1S/C28H36N2O4/c1-32-23-11-9-22(10-12-23)25-17-30(16-21-6-3-2-4-7-21)27-13-14-29(18-26(25)27)28(31)20-33-19-24-8-5-15-34-24/h2-4,6-7,9-12,24-27H,5,8,13-20H2,1H3/t24?,25-,26-,27-/m1/s1. The largest absolute Gasteiger partial charge is 0.497 e. The summed E-state index contributed by atoms with van der Waals surface area (Å²) in [5.74, 6) is 1.78. The minimum Gasteiger partial charge on any atom is -0.497 e. The number of piperidine rings is 1. The van der Waals surface area contributed by atoms with Gasteiger partial charge < -0.3 is 19.1 Å². The molecule has 0 radical (unpaired) electrons. The molecule has 6 heteroatoms. The maximum atomic E-state index is 13.0. The summed E-state index contributed by atoms with van der Waals surface area (Å²) >= 11 is 0. The molecule has 3 aliphatic heterocycles. The van der Waals surface area contributed by atoms with Crippen LogP contribution in [0.5, 0.6) is 5.75 Å². The number of carbonyl (C=O) groups excluding carboxylic acids is 1. The molecule has 3 saturated heterocycles. The van der Waals surface area contributed by atoms with E-state index in [1.807, 2.05) is 4.90 Å². The second kappa shape index (κ2) is 10.9. The zero-order valence-corrected chi connectivity index (χ0v) is 20.1. The number of nitrogens with zero attached hydrogens (tertiary/aromatic N) is 2. The molecule has 3 fully saturated rings.